The van der Waals surface area contributed by atoms with Crippen LogP contribution >= 0.6 is 0 Å². The van der Waals surface area contributed by atoms with E-state index in [1.807, 2.05) is 0 Å². The molecule has 1 unspecified atom stereocenters. The van der Waals surface area contributed by atoms with Gasteiger partial charge in [0, 0.05) is 17.8 Å². The van der Waals surface area contributed by atoms with Gasteiger partial charge in [-0.05, 0) is 31.2 Å². The van der Waals surface area contributed by atoms with Crippen molar-refractivity contribution in [2.24, 2.45) is 0 Å². The highest BCUT2D eigenvalue weighted by Crippen LogP contribution is 2.34. The van der Waals surface area contributed by atoms with Crippen molar-refractivity contribution < 1.29 is 33.3 Å². The zero-order chi connectivity index (χ0) is 19.4. The van der Waals surface area contributed by atoms with Crippen molar-refractivity contribution in [2.45, 2.75) is 13.0 Å². The normalized spacial score (nSPS) is 12.9. The lowest BCUT2D eigenvalue weighted by Crippen LogP contribution is -2.30. The van der Waals surface area contributed by atoms with E-state index in [-0.39, 0.29) is 12.4 Å². The molecule has 1 N–H and O–H groups in total. The van der Waals surface area contributed by atoms with Gasteiger partial charge in [-0.3, -0.25) is 4.79 Å². The van der Waals surface area contributed by atoms with E-state index in [1.54, 1.807) is 30.3 Å². The molecule has 142 valence electrons. The number of amides is 1. The van der Waals surface area contributed by atoms with Crippen LogP contribution in [-0.2, 0) is 9.53 Å². The molecule has 1 heterocycles. The molecule has 0 saturated heterocycles. The second-order valence-corrected chi connectivity index (χ2v) is 5.67. The third-order valence-electron chi connectivity index (χ3n) is 3.92. The van der Waals surface area contributed by atoms with E-state index in [2.05, 4.69) is 5.32 Å². The molecule has 1 aliphatic rings. The summed E-state index contributed by atoms with van der Waals surface area (Å²) in [5.74, 6) is 0.830. The summed E-state index contributed by atoms with van der Waals surface area (Å²) in [5.41, 5.74) is 0.704. The van der Waals surface area contributed by atoms with E-state index < -0.39 is 18.0 Å². The monoisotopic (exact) mass is 373 g/mol. The average molecular weight is 373 g/mol. The number of rotatable bonds is 6. The maximum Gasteiger partial charge on any atom is 0.342 e. The van der Waals surface area contributed by atoms with Crippen molar-refractivity contribution in [1.82, 2.24) is 0 Å². The van der Waals surface area contributed by atoms with E-state index in [4.69, 9.17) is 23.7 Å². The minimum absolute atomic E-state index is 0.143. The fourth-order valence-electron chi connectivity index (χ4n) is 2.46. The smallest absolute Gasteiger partial charge is 0.342 e. The number of hydrogen-bond acceptors (Lipinski definition) is 7. The maximum atomic E-state index is 12.4. The first-order chi connectivity index (χ1) is 13.0. The van der Waals surface area contributed by atoms with Crippen molar-refractivity contribution in [3.63, 3.8) is 0 Å². The van der Waals surface area contributed by atoms with Crippen LogP contribution < -0.4 is 24.3 Å². The van der Waals surface area contributed by atoms with E-state index >= 15 is 0 Å². The Morgan fingerprint density at radius 2 is 1.81 bits per heavy atom. The summed E-state index contributed by atoms with van der Waals surface area (Å²) in [5, 5.41) is 2.67. The Balaban J connectivity index is 1.65. The Bertz CT molecular complexity index is 865. The number of carbonyl (C=O) groups excluding carboxylic acids is 2. The fraction of sp³-hybridized carbons (Fsp3) is 0.263. The van der Waals surface area contributed by atoms with Crippen molar-refractivity contribution >= 4 is 17.6 Å². The van der Waals surface area contributed by atoms with E-state index in [9.17, 15) is 9.59 Å². The SMILES string of the molecule is COc1ccc(C(=O)OC(C)C(=O)Nc2ccc3c(c2)OCO3)c(OC)c1. The molecule has 0 spiro atoms. The summed E-state index contributed by atoms with van der Waals surface area (Å²) >= 11 is 0. The number of anilines is 1. The Morgan fingerprint density at radius 3 is 2.56 bits per heavy atom. The standard InChI is InChI=1S/C19H19NO7/c1-11(18(21)20-12-4-7-15-17(8-12)26-10-25-15)27-19(22)14-6-5-13(23-2)9-16(14)24-3/h4-9,11H,10H2,1-3H3,(H,20,21). The number of carbonyl (C=O) groups is 2. The van der Waals surface area contributed by atoms with Crippen molar-refractivity contribution in [1.29, 1.82) is 0 Å². The molecule has 0 fully saturated rings. The van der Waals surface area contributed by atoms with Crippen LogP contribution in [0.15, 0.2) is 36.4 Å². The van der Waals surface area contributed by atoms with Gasteiger partial charge in [0.15, 0.2) is 17.6 Å². The molecule has 2 aromatic carbocycles. The zero-order valence-electron chi connectivity index (χ0n) is 15.1. The first-order valence-corrected chi connectivity index (χ1v) is 8.15. The predicted molar refractivity (Wildman–Crippen MR) is 95.6 cm³/mol. The quantitative estimate of drug-likeness (QED) is 0.778. The molecule has 1 atom stereocenters. The zero-order valence-corrected chi connectivity index (χ0v) is 15.1. The number of fused-ring (bicyclic) bond motifs is 1. The summed E-state index contributed by atoms with van der Waals surface area (Å²) in [6, 6.07) is 9.69. The third kappa shape index (κ3) is 4.05. The molecular weight excluding hydrogens is 354 g/mol. The topological polar surface area (TPSA) is 92.3 Å². The molecule has 2 aromatic rings. The van der Waals surface area contributed by atoms with Crippen molar-refractivity contribution in [2.75, 3.05) is 26.3 Å². The van der Waals surface area contributed by atoms with Crippen LogP contribution in [-0.4, -0.2) is 39.0 Å². The number of benzene rings is 2. The molecule has 1 aliphatic heterocycles. The Hall–Kier alpha value is -3.42. The molecular formula is C19H19NO7. The number of hydrogen-bond donors (Lipinski definition) is 1. The lowest BCUT2D eigenvalue weighted by Gasteiger charge is -2.15. The summed E-state index contributed by atoms with van der Waals surface area (Å²) < 4.78 is 26.0. The molecule has 1 amide bonds. The summed E-state index contributed by atoms with van der Waals surface area (Å²) in [6.45, 7) is 1.63. The van der Waals surface area contributed by atoms with Gasteiger partial charge in [0.05, 0.1) is 14.2 Å². The van der Waals surface area contributed by atoms with Crippen LogP contribution in [0, 0.1) is 0 Å². The summed E-state index contributed by atoms with van der Waals surface area (Å²) in [6.07, 6.45) is -1.02. The van der Waals surface area contributed by atoms with E-state index in [0.29, 0.717) is 28.7 Å². The van der Waals surface area contributed by atoms with Crippen molar-refractivity contribution in [3.8, 4) is 23.0 Å². The van der Waals surface area contributed by atoms with Gasteiger partial charge in [-0.25, -0.2) is 4.79 Å². The van der Waals surface area contributed by atoms with Gasteiger partial charge in [-0.2, -0.15) is 0 Å². The minimum Gasteiger partial charge on any atom is -0.497 e. The van der Waals surface area contributed by atoms with Crippen LogP contribution in [0.1, 0.15) is 17.3 Å². The number of esters is 1. The maximum absolute atomic E-state index is 12.4. The largest absolute Gasteiger partial charge is 0.497 e. The van der Waals surface area contributed by atoms with Gasteiger partial charge in [-0.15, -0.1) is 0 Å². The molecule has 8 heteroatoms. The molecule has 0 aromatic heterocycles. The van der Waals surface area contributed by atoms with E-state index in [0.717, 1.165) is 0 Å². The Labute approximate surface area is 155 Å². The lowest BCUT2D eigenvalue weighted by atomic mass is 10.2. The van der Waals surface area contributed by atoms with Crippen LogP contribution in [0.25, 0.3) is 0 Å². The average Bonchev–Trinajstić information content (AvgIpc) is 3.15. The van der Waals surface area contributed by atoms with Crippen LogP contribution in [0.2, 0.25) is 0 Å². The van der Waals surface area contributed by atoms with Gasteiger partial charge in [0.25, 0.3) is 5.91 Å². The van der Waals surface area contributed by atoms with Gasteiger partial charge in [-0.1, -0.05) is 0 Å². The Morgan fingerprint density at radius 1 is 1.04 bits per heavy atom. The number of ether oxygens (including phenoxy) is 5. The minimum atomic E-state index is -1.02. The second kappa shape index (κ2) is 7.86. The lowest BCUT2D eigenvalue weighted by molar-refractivity contribution is -0.123. The highest BCUT2D eigenvalue weighted by molar-refractivity contribution is 5.98. The predicted octanol–water partition coefficient (Wildman–Crippen LogP) is 2.62. The molecule has 0 saturated carbocycles. The highest BCUT2D eigenvalue weighted by Gasteiger charge is 2.22. The van der Waals surface area contributed by atoms with Crippen molar-refractivity contribution in [3.05, 3.63) is 42.0 Å². The molecule has 0 radical (unpaired) electrons. The third-order valence-corrected chi connectivity index (χ3v) is 3.92. The molecule has 3 rings (SSSR count). The van der Waals surface area contributed by atoms with Gasteiger partial charge in [0.2, 0.25) is 6.79 Å². The van der Waals surface area contributed by atoms with E-state index in [1.165, 1.54) is 27.2 Å². The first kappa shape index (κ1) is 18.4. The first-order valence-electron chi connectivity index (χ1n) is 8.15. The van der Waals surface area contributed by atoms with Gasteiger partial charge >= 0.3 is 5.97 Å². The van der Waals surface area contributed by atoms with Crippen LogP contribution in [0.4, 0.5) is 5.69 Å². The second-order valence-electron chi connectivity index (χ2n) is 5.67. The summed E-state index contributed by atoms with van der Waals surface area (Å²) in [4.78, 5) is 24.7. The van der Waals surface area contributed by atoms with Crippen LogP contribution in [0.3, 0.4) is 0 Å². The fourth-order valence-corrected chi connectivity index (χ4v) is 2.46. The molecule has 27 heavy (non-hydrogen) atoms. The van der Waals surface area contributed by atoms with Crippen LogP contribution in [0.5, 0.6) is 23.0 Å². The van der Waals surface area contributed by atoms with Gasteiger partial charge < -0.3 is 29.0 Å². The Kier molecular flexibility index (Phi) is 5.35. The summed E-state index contributed by atoms with van der Waals surface area (Å²) in [7, 11) is 2.94. The number of nitrogens with one attached hydrogen (secondary N) is 1. The highest BCUT2D eigenvalue weighted by atomic mass is 16.7. The number of methoxy groups -OCH3 is 2. The van der Waals surface area contributed by atoms with Gasteiger partial charge in [0.1, 0.15) is 17.1 Å². The molecule has 8 nitrogen and oxygen atoms in total. The molecule has 0 bridgehead atoms. The molecule has 0 aliphatic carbocycles.